The predicted octanol–water partition coefficient (Wildman–Crippen LogP) is -0.952. The van der Waals surface area contributed by atoms with E-state index >= 15 is 0 Å². The van der Waals surface area contributed by atoms with Gasteiger partial charge in [0.2, 0.25) is 0 Å². The minimum atomic E-state index is -7.14. The molecule has 20 heavy (non-hydrogen) atoms. The summed E-state index contributed by atoms with van der Waals surface area (Å²) in [6.07, 6.45) is -13.9. The molecule has 16 heteroatoms. The molecule has 0 bridgehead atoms. The van der Waals surface area contributed by atoms with Crippen molar-refractivity contribution >= 4 is 10.4 Å². The van der Waals surface area contributed by atoms with Crippen LogP contribution in [0.5, 0.6) is 0 Å². The molecule has 0 aromatic heterocycles. The maximum Gasteiger partial charge on any atom is 1.00 e. The molecule has 0 aromatic carbocycles. The van der Waals surface area contributed by atoms with Crippen molar-refractivity contribution in [2.75, 3.05) is 0 Å². The van der Waals surface area contributed by atoms with Crippen LogP contribution in [0, 0.1) is 0 Å². The molecule has 0 aliphatic rings. The van der Waals surface area contributed by atoms with Crippen LogP contribution in [0.15, 0.2) is 0 Å². The van der Waals surface area contributed by atoms with Gasteiger partial charge in [-0.1, -0.05) is 0 Å². The number of hydrogen-bond donors (Lipinski definition) is 0. The van der Waals surface area contributed by atoms with Crippen LogP contribution in [0.3, 0.4) is 0 Å². The van der Waals surface area contributed by atoms with E-state index in [4.69, 9.17) is 17.5 Å². The first-order chi connectivity index (χ1) is 7.75. The van der Waals surface area contributed by atoms with Crippen LogP contribution < -0.4 is 51.4 Å². The van der Waals surface area contributed by atoms with Crippen molar-refractivity contribution in [2.45, 2.75) is 24.2 Å². The third kappa shape index (κ3) is 7.71. The third-order valence-corrected chi connectivity index (χ3v) is 1.11. The zero-order valence-electron chi connectivity index (χ0n) is 8.82. The number of alkyl halides is 10. The molecule has 0 aromatic rings. The fourth-order valence-electron chi connectivity index (χ4n) is 0.356. The van der Waals surface area contributed by atoms with Gasteiger partial charge in [0.25, 0.3) is 0 Å². The molecule has 0 atom stereocenters. The summed E-state index contributed by atoms with van der Waals surface area (Å²) < 4.78 is 147. The first kappa shape index (κ1) is 25.7. The normalized spacial score (nSPS) is 14.0. The van der Waals surface area contributed by atoms with Crippen LogP contribution >= 0.6 is 0 Å². The van der Waals surface area contributed by atoms with Gasteiger partial charge in [-0.05, 0) is 0 Å². The summed E-state index contributed by atoms with van der Waals surface area (Å²) in [5.74, 6) is -14.3. The monoisotopic (exact) mass is 373 g/mol. The van der Waals surface area contributed by atoms with Gasteiger partial charge in [-0.3, -0.25) is 8.42 Å². The first-order valence-corrected chi connectivity index (χ1v) is 4.64. The molecule has 0 radical (unpaired) electrons. The van der Waals surface area contributed by atoms with Gasteiger partial charge in [-0.15, -0.1) is 0 Å². The minimum absolute atomic E-state index is 0. The third-order valence-electron chi connectivity index (χ3n) is 1.11. The molecule has 0 aliphatic carbocycles. The molecule has 0 heterocycles. The van der Waals surface area contributed by atoms with E-state index in [1.165, 1.54) is 0 Å². The Hall–Kier alpha value is 0.806. The Kier molecular flexibility index (Phi) is 9.50. The fraction of sp³-hybridized carbons (Fsp3) is 1.00. The zero-order valence-corrected chi connectivity index (χ0v) is 12.8. The Morgan fingerprint density at radius 1 is 0.600 bits per heavy atom. The second kappa shape index (κ2) is 7.38. The molecule has 0 amide bonds. The Labute approximate surface area is 146 Å². The largest absolute Gasteiger partial charge is 1.00 e. The van der Waals surface area contributed by atoms with Gasteiger partial charge in [-0.25, -0.2) is 0 Å². The second-order valence-electron chi connectivity index (χ2n) is 2.55. The standard InChI is InChI=1S/C4F10.K.H2O4S/c5-1(6,3(9,10)11)2(7,8)4(12,13)14;;1-5(2,3)4/h;;(H2,1,2,3,4)/q;+1;/p-2. The van der Waals surface area contributed by atoms with Crippen molar-refractivity contribution in [3.8, 4) is 0 Å². The average molecular weight is 373 g/mol. The number of halogens is 10. The quantitative estimate of drug-likeness (QED) is 0.257. The van der Waals surface area contributed by atoms with Gasteiger partial charge >= 0.3 is 75.6 Å². The molecule has 0 saturated carbocycles. The molecule has 0 N–H and O–H groups in total. The maximum absolute atomic E-state index is 11.6. The van der Waals surface area contributed by atoms with Crippen molar-refractivity contribution in [1.82, 2.24) is 0 Å². The summed E-state index contributed by atoms with van der Waals surface area (Å²) in [5.41, 5.74) is 0. The molecular weight excluding hydrogens is 373 g/mol. The average Bonchev–Trinajstić information content (AvgIpc) is 1.95. The van der Waals surface area contributed by atoms with Gasteiger partial charge in [0, 0.05) is 10.4 Å². The SMILES string of the molecule is FC(F)(F)C(F)(F)C(F)(F)C(F)(F)F.O=S(=O)([O-])[O-].[K+]. The van der Waals surface area contributed by atoms with E-state index in [0.29, 0.717) is 0 Å². The van der Waals surface area contributed by atoms with Crippen LogP contribution in [0.1, 0.15) is 0 Å². The Morgan fingerprint density at radius 2 is 0.700 bits per heavy atom. The molecular formula is C4F10KO4S-. The first-order valence-electron chi connectivity index (χ1n) is 3.31. The van der Waals surface area contributed by atoms with E-state index < -0.39 is 34.6 Å². The summed E-state index contributed by atoms with van der Waals surface area (Å²) in [6, 6.07) is 0. The summed E-state index contributed by atoms with van der Waals surface area (Å²) in [5, 5.41) is 0. The van der Waals surface area contributed by atoms with E-state index in [9.17, 15) is 43.9 Å². The Bertz CT molecular complexity index is 364. The van der Waals surface area contributed by atoms with Gasteiger partial charge < -0.3 is 9.11 Å². The van der Waals surface area contributed by atoms with Crippen molar-refractivity contribution in [3.63, 3.8) is 0 Å². The number of hydrogen-bond acceptors (Lipinski definition) is 4. The molecule has 0 fully saturated rings. The van der Waals surface area contributed by atoms with Crippen LogP contribution in [-0.2, 0) is 10.4 Å². The van der Waals surface area contributed by atoms with Crippen molar-refractivity contribution < 1.29 is 113 Å². The predicted molar refractivity (Wildman–Crippen MR) is 32.5 cm³/mol. The zero-order chi connectivity index (χ0) is 16.5. The van der Waals surface area contributed by atoms with E-state index in [1.807, 2.05) is 0 Å². The van der Waals surface area contributed by atoms with Gasteiger partial charge in [0.05, 0.1) is 0 Å². The topological polar surface area (TPSA) is 80.3 Å². The molecule has 0 rings (SSSR count). The molecule has 0 saturated heterocycles. The van der Waals surface area contributed by atoms with Crippen molar-refractivity contribution in [2.24, 2.45) is 0 Å². The van der Waals surface area contributed by atoms with Crippen molar-refractivity contribution in [1.29, 1.82) is 0 Å². The number of rotatable bonds is 1. The van der Waals surface area contributed by atoms with Crippen LogP contribution in [0.2, 0.25) is 0 Å². The van der Waals surface area contributed by atoms with E-state index in [2.05, 4.69) is 0 Å². The van der Waals surface area contributed by atoms with Gasteiger partial charge in [-0.2, -0.15) is 43.9 Å². The molecule has 0 spiro atoms. The van der Waals surface area contributed by atoms with Crippen LogP contribution in [-0.4, -0.2) is 41.7 Å². The summed E-state index contributed by atoms with van der Waals surface area (Å²) in [7, 11) is -5.17. The van der Waals surface area contributed by atoms with Gasteiger partial charge in [0.1, 0.15) is 0 Å². The van der Waals surface area contributed by atoms with E-state index in [1.54, 1.807) is 0 Å². The Morgan fingerprint density at radius 3 is 0.750 bits per heavy atom. The smallest absolute Gasteiger partial charge is 0.759 e. The summed E-state index contributed by atoms with van der Waals surface area (Å²) in [4.78, 5) is 0. The summed E-state index contributed by atoms with van der Waals surface area (Å²) >= 11 is 0. The van der Waals surface area contributed by atoms with Crippen LogP contribution in [0.4, 0.5) is 43.9 Å². The molecule has 4 nitrogen and oxygen atoms in total. The minimum Gasteiger partial charge on any atom is -0.759 e. The van der Waals surface area contributed by atoms with Gasteiger partial charge in [0.15, 0.2) is 0 Å². The molecule has 118 valence electrons. The summed E-state index contributed by atoms with van der Waals surface area (Å²) in [6.45, 7) is 0. The Balaban J connectivity index is -0.000000414. The second-order valence-corrected chi connectivity index (χ2v) is 3.37. The van der Waals surface area contributed by atoms with E-state index in [0.717, 1.165) is 0 Å². The molecule has 0 aliphatic heterocycles. The van der Waals surface area contributed by atoms with E-state index in [-0.39, 0.29) is 51.4 Å². The van der Waals surface area contributed by atoms with Crippen molar-refractivity contribution in [3.05, 3.63) is 0 Å². The van der Waals surface area contributed by atoms with Crippen LogP contribution in [0.25, 0.3) is 0 Å². The maximum atomic E-state index is 11.6. The fourth-order valence-corrected chi connectivity index (χ4v) is 0.356. The molecule has 0 unspecified atom stereocenters.